The minimum absolute atomic E-state index is 0.164. The molecule has 7 heteroatoms. The Bertz CT molecular complexity index is 1290. The van der Waals surface area contributed by atoms with Crippen molar-refractivity contribution in [2.24, 2.45) is 11.8 Å². The van der Waals surface area contributed by atoms with Gasteiger partial charge in [-0.05, 0) is 61.1 Å². The van der Waals surface area contributed by atoms with Crippen molar-refractivity contribution < 1.29 is 23.9 Å². The van der Waals surface area contributed by atoms with Crippen LogP contribution in [0, 0.1) is 11.8 Å². The molecule has 1 aliphatic carbocycles. The molecule has 1 saturated carbocycles. The molecule has 1 saturated heterocycles. The second-order valence-corrected chi connectivity index (χ2v) is 9.19. The number of esters is 1. The largest absolute Gasteiger partial charge is 0.452 e. The Morgan fingerprint density at radius 1 is 0.833 bits per heavy atom. The molecule has 1 aliphatic heterocycles. The molecule has 2 aliphatic rings. The zero-order chi connectivity index (χ0) is 25.1. The normalized spacial score (nSPS) is 21.1. The van der Waals surface area contributed by atoms with Gasteiger partial charge in [-0.3, -0.25) is 19.3 Å². The summed E-state index contributed by atoms with van der Waals surface area (Å²) in [6.45, 7) is -0.454. The predicted molar refractivity (Wildman–Crippen MR) is 134 cm³/mol. The molecule has 5 rings (SSSR count). The SMILES string of the molecule is O=C(COC(=O)c1cccc(N2C(=O)[C@H]3C[C@@H](c4ccccc4)CC[C@H]3C2=O)c1)Nc1ccccc1. The molecule has 2 fully saturated rings. The number of nitrogens with one attached hydrogen (secondary N) is 1. The predicted octanol–water partition coefficient (Wildman–Crippen LogP) is 4.56. The fourth-order valence-electron chi connectivity index (χ4n) is 5.17. The molecular formula is C29H26N2O5. The summed E-state index contributed by atoms with van der Waals surface area (Å²) in [6, 6.07) is 25.2. The zero-order valence-electron chi connectivity index (χ0n) is 19.6. The number of benzene rings is 3. The third-order valence-corrected chi connectivity index (χ3v) is 6.93. The second kappa shape index (κ2) is 10.2. The van der Waals surface area contributed by atoms with E-state index in [1.54, 1.807) is 36.4 Å². The third kappa shape index (κ3) is 4.77. The Morgan fingerprint density at radius 3 is 2.28 bits per heavy atom. The molecule has 0 bridgehead atoms. The summed E-state index contributed by atoms with van der Waals surface area (Å²) in [6.07, 6.45) is 2.15. The number of amides is 3. The van der Waals surface area contributed by atoms with Crippen molar-refractivity contribution in [3.8, 4) is 0 Å². The molecule has 3 aromatic carbocycles. The van der Waals surface area contributed by atoms with E-state index in [4.69, 9.17) is 4.74 Å². The lowest BCUT2D eigenvalue weighted by molar-refractivity contribution is -0.122. The number of carbonyl (C=O) groups is 4. The number of imide groups is 1. The van der Waals surface area contributed by atoms with E-state index >= 15 is 0 Å². The summed E-state index contributed by atoms with van der Waals surface area (Å²) in [5.41, 5.74) is 2.30. The lowest BCUT2D eigenvalue weighted by Gasteiger charge is -2.28. The molecule has 1 heterocycles. The highest BCUT2D eigenvalue weighted by Crippen LogP contribution is 2.45. The lowest BCUT2D eigenvalue weighted by Crippen LogP contribution is -2.31. The van der Waals surface area contributed by atoms with Gasteiger partial charge in [-0.2, -0.15) is 0 Å². The zero-order valence-corrected chi connectivity index (χ0v) is 19.6. The van der Waals surface area contributed by atoms with E-state index in [1.807, 2.05) is 24.3 Å². The monoisotopic (exact) mass is 482 g/mol. The topological polar surface area (TPSA) is 92.8 Å². The minimum atomic E-state index is -0.708. The molecule has 0 aromatic heterocycles. The molecule has 1 N–H and O–H groups in total. The van der Waals surface area contributed by atoms with Gasteiger partial charge in [0.25, 0.3) is 5.91 Å². The van der Waals surface area contributed by atoms with Crippen LogP contribution in [-0.4, -0.2) is 30.3 Å². The standard InChI is InChI=1S/C29H26N2O5/c32-26(30-22-11-5-2-6-12-22)18-36-29(35)21-10-7-13-23(16-21)31-27(33)24-15-14-20(17-25(24)28(31)34)19-8-3-1-4-9-19/h1-13,16,20,24-25H,14-15,17-18H2,(H,30,32)/t20-,24+,25-/m0/s1. The lowest BCUT2D eigenvalue weighted by atomic mass is 9.73. The van der Waals surface area contributed by atoms with Crippen molar-refractivity contribution in [3.63, 3.8) is 0 Å². The van der Waals surface area contributed by atoms with Crippen molar-refractivity contribution in [2.45, 2.75) is 25.2 Å². The van der Waals surface area contributed by atoms with Crippen LogP contribution >= 0.6 is 0 Å². The number of fused-ring (bicyclic) bond motifs is 1. The van der Waals surface area contributed by atoms with Gasteiger partial charge < -0.3 is 10.1 Å². The van der Waals surface area contributed by atoms with E-state index in [0.717, 1.165) is 6.42 Å². The van der Waals surface area contributed by atoms with Crippen molar-refractivity contribution >= 4 is 35.1 Å². The number of hydrogen-bond acceptors (Lipinski definition) is 5. The molecule has 0 spiro atoms. The number of para-hydroxylation sites is 1. The van der Waals surface area contributed by atoms with Crippen LogP contribution in [0.15, 0.2) is 84.9 Å². The molecule has 0 radical (unpaired) electrons. The summed E-state index contributed by atoms with van der Waals surface area (Å²) in [5.74, 6) is -2.08. The maximum Gasteiger partial charge on any atom is 0.338 e. The Kier molecular flexibility index (Phi) is 6.62. The number of ether oxygens (including phenoxy) is 1. The molecule has 3 aromatic rings. The smallest absolute Gasteiger partial charge is 0.338 e. The minimum Gasteiger partial charge on any atom is -0.452 e. The first kappa shape index (κ1) is 23.5. The van der Waals surface area contributed by atoms with Gasteiger partial charge in [-0.1, -0.05) is 54.6 Å². The van der Waals surface area contributed by atoms with Gasteiger partial charge in [0.15, 0.2) is 6.61 Å². The van der Waals surface area contributed by atoms with Gasteiger partial charge in [-0.25, -0.2) is 4.79 Å². The Morgan fingerprint density at radius 2 is 1.53 bits per heavy atom. The average molecular weight is 483 g/mol. The highest BCUT2D eigenvalue weighted by atomic mass is 16.5. The summed E-state index contributed by atoms with van der Waals surface area (Å²) in [5, 5.41) is 2.65. The van der Waals surface area contributed by atoms with Crippen LogP contribution in [0.2, 0.25) is 0 Å². The fraction of sp³-hybridized carbons (Fsp3) is 0.241. The van der Waals surface area contributed by atoms with E-state index in [-0.39, 0.29) is 35.1 Å². The number of carbonyl (C=O) groups excluding carboxylic acids is 4. The van der Waals surface area contributed by atoms with Gasteiger partial charge in [0.2, 0.25) is 11.8 Å². The van der Waals surface area contributed by atoms with Gasteiger partial charge in [-0.15, -0.1) is 0 Å². The van der Waals surface area contributed by atoms with Gasteiger partial charge in [0.1, 0.15) is 0 Å². The van der Waals surface area contributed by atoms with Crippen molar-refractivity contribution in [3.05, 3.63) is 96.1 Å². The molecule has 3 atom stereocenters. The quantitative estimate of drug-likeness (QED) is 0.411. The Hall–Kier alpha value is -4.26. The maximum atomic E-state index is 13.3. The summed E-state index contributed by atoms with van der Waals surface area (Å²) in [4.78, 5) is 52.4. The number of nitrogens with zero attached hydrogens (tertiary/aromatic N) is 1. The van der Waals surface area contributed by atoms with Crippen molar-refractivity contribution in [1.82, 2.24) is 0 Å². The molecule has 36 heavy (non-hydrogen) atoms. The summed E-state index contributed by atoms with van der Waals surface area (Å²) >= 11 is 0. The van der Waals surface area contributed by atoms with Gasteiger partial charge in [0, 0.05) is 5.69 Å². The molecule has 3 amide bonds. The molecule has 7 nitrogen and oxygen atoms in total. The number of anilines is 2. The van der Waals surface area contributed by atoms with E-state index in [9.17, 15) is 19.2 Å². The van der Waals surface area contributed by atoms with Gasteiger partial charge >= 0.3 is 5.97 Å². The average Bonchev–Trinajstić information content (AvgIpc) is 3.17. The molecule has 182 valence electrons. The Balaban J connectivity index is 1.25. The van der Waals surface area contributed by atoms with E-state index in [1.165, 1.54) is 22.6 Å². The molecule has 0 unspecified atom stereocenters. The fourth-order valence-corrected chi connectivity index (χ4v) is 5.17. The second-order valence-electron chi connectivity index (χ2n) is 9.19. The van der Waals surface area contributed by atoms with Crippen LogP contribution in [0.5, 0.6) is 0 Å². The number of rotatable bonds is 6. The van der Waals surface area contributed by atoms with Gasteiger partial charge in [0.05, 0.1) is 23.1 Å². The summed E-state index contributed by atoms with van der Waals surface area (Å²) in [7, 11) is 0. The maximum absolute atomic E-state index is 13.3. The highest BCUT2D eigenvalue weighted by molar-refractivity contribution is 6.22. The van der Waals surface area contributed by atoms with Crippen LogP contribution in [0.3, 0.4) is 0 Å². The van der Waals surface area contributed by atoms with E-state index < -0.39 is 18.5 Å². The summed E-state index contributed by atoms with van der Waals surface area (Å²) < 4.78 is 5.15. The van der Waals surface area contributed by atoms with E-state index in [0.29, 0.717) is 24.2 Å². The van der Waals surface area contributed by atoms with Crippen LogP contribution in [0.1, 0.15) is 41.1 Å². The van der Waals surface area contributed by atoms with E-state index in [2.05, 4.69) is 17.4 Å². The van der Waals surface area contributed by atoms with Crippen LogP contribution in [0.4, 0.5) is 11.4 Å². The number of hydrogen-bond donors (Lipinski definition) is 1. The van der Waals surface area contributed by atoms with Crippen molar-refractivity contribution in [2.75, 3.05) is 16.8 Å². The van der Waals surface area contributed by atoms with Crippen molar-refractivity contribution in [1.29, 1.82) is 0 Å². The first-order valence-electron chi connectivity index (χ1n) is 12.1. The first-order chi connectivity index (χ1) is 17.5. The third-order valence-electron chi connectivity index (χ3n) is 6.93. The highest BCUT2D eigenvalue weighted by Gasteiger charge is 2.50. The Labute approximate surface area is 209 Å². The molecular weight excluding hydrogens is 456 g/mol. The van der Waals surface area contributed by atoms with Crippen LogP contribution < -0.4 is 10.2 Å². The van der Waals surface area contributed by atoms with Crippen LogP contribution in [-0.2, 0) is 19.1 Å². The first-order valence-corrected chi connectivity index (χ1v) is 12.1. The van der Waals surface area contributed by atoms with Crippen LogP contribution in [0.25, 0.3) is 0 Å².